The van der Waals surface area contributed by atoms with Gasteiger partial charge in [-0.3, -0.25) is 0 Å². The van der Waals surface area contributed by atoms with Crippen LogP contribution in [0.3, 0.4) is 0 Å². The molecule has 0 radical (unpaired) electrons. The Balaban J connectivity index is 2.02. The molecule has 0 amide bonds. The number of carbonyl (C=O) groups excluding carboxylic acids is 1. The van der Waals surface area contributed by atoms with Gasteiger partial charge >= 0.3 is 5.97 Å². The highest BCUT2D eigenvalue weighted by Gasteiger charge is 2.34. The molecule has 3 heteroatoms. The Morgan fingerprint density at radius 2 is 1.80 bits per heavy atom. The highest BCUT2D eigenvalue weighted by Crippen LogP contribution is 2.22. The van der Waals surface area contributed by atoms with Crippen molar-refractivity contribution in [2.75, 3.05) is 0 Å². The molecule has 0 unspecified atom stereocenters. The van der Waals surface area contributed by atoms with Gasteiger partial charge in [-0.1, -0.05) is 38.2 Å². The fraction of sp³-hybridized carbons (Fsp3) is 0.706. The minimum absolute atomic E-state index is 0.362. The van der Waals surface area contributed by atoms with E-state index in [1.807, 2.05) is 6.08 Å². The van der Waals surface area contributed by atoms with E-state index in [9.17, 15) is 9.90 Å². The summed E-state index contributed by atoms with van der Waals surface area (Å²) in [4.78, 5) is 11.4. The third-order valence-corrected chi connectivity index (χ3v) is 3.68. The summed E-state index contributed by atoms with van der Waals surface area (Å²) in [6.45, 7) is 1.71. The molecular formula is C17H26O3. The Labute approximate surface area is 122 Å². The first-order chi connectivity index (χ1) is 9.66. The van der Waals surface area contributed by atoms with Crippen molar-refractivity contribution >= 4 is 5.97 Å². The standard InChI is InChI=1S/C17H26O3/c1-3-4-5-6-7-8-9-10-11-12-13-15-16(18)14(2)20-17(15)19/h1,13-14,16,18H,4-12H2,2H3/t14-,16+/m0/s1. The highest BCUT2D eigenvalue weighted by molar-refractivity contribution is 5.92. The molecule has 3 nitrogen and oxygen atoms in total. The summed E-state index contributed by atoms with van der Waals surface area (Å²) < 4.78 is 4.96. The minimum atomic E-state index is -0.751. The van der Waals surface area contributed by atoms with Crippen LogP contribution >= 0.6 is 0 Å². The third-order valence-electron chi connectivity index (χ3n) is 3.68. The average Bonchev–Trinajstić information content (AvgIpc) is 2.67. The minimum Gasteiger partial charge on any atom is -0.456 e. The van der Waals surface area contributed by atoms with E-state index in [1.165, 1.54) is 32.1 Å². The molecule has 0 aromatic rings. The lowest BCUT2D eigenvalue weighted by atomic mass is 10.0. The van der Waals surface area contributed by atoms with Crippen LogP contribution in [0.2, 0.25) is 0 Å². The summed E-state index contributed by atoms with van der Waals surface area (Å²) in [5.41, 5.74) is 0.437. The molecule has 1 heterocycles. The van der Waals surface area contributed by atoms with Gasteiger partial charge < -0.3 is 9.84 Å². The van der Waals surface area contributed by atoms with Crippen molar-refractivity contribution in [1.82, 2.24) is 0 Å². The van der Waals surface area contributed by atoms with Crippen molar-refractivity contribution in [3.8, 4) is 12.3 Å². The van der Waals surface area contributed by atoms with Gasteiger partial charge in [0.15, 0.2) is 0 Å². The molecule has 20 heavy (non-hydrogen) atoms. The van der Waals surface area contributed by atoms with E-state index in [-0.39, 0.29) is 5.97 Å². The molecule has 0 aromatic carbocycles. The van der Waals surface area contributed by atoms with Crippen LogP contribution in [-0.4, -0.2) is 23.3 Å². The molecule has 0 saturated carbocycles. The van der Waals surface area contributed by atoms with Crippen molar-refractivity contribution < 1.29 is 14.6 Å². The zero-order valence-electron chi connectivity index (χ0n) is 12.4. The Kier molecular flexibility index (Phi) is 8.06. The number of rotatable bonds is 9. The molecule has 1 fully saturated rings. The lowest BCUT2D eigenvalue weighted by molar-refractivity contribution is -0.138. The van der Waals surface area contributed by atoms with Crippen LogP contribution in [0.1, 0.15) is 64.7 Å². The van der Waals surface area contributed by atoms with Crippen molar-refractivity contribution in [3.63, 3.8) is 0 Å². The average molecular weight is 278 g/mol. The van der Waals surface area contributed by atoms with E-state index < -0.39 is 12.2 Å². The number of hydrogen-bond acceptors (Lipinski definition) is 3. The molecule has 1 saturated heterocycles. The van der Waals surface area contributed by atoms with Crippen molar-refractivity contribution in [2.45, 2.75) is 76.9 Å². The van der Waals surface area contributed by atoms with Gasteiger partial charge in [-0.25, -0.2) is 4.79 Å². The van der Waals surface area contributed by atoms with Gasteiger partial charge in [0.05, 0.1) is 5.57 Å². The second-order valence-corrected chi connectivity index (χ2v) is 5.43. The van der Waals surface area contributed by atoms with Crippen molar-refractivity contribution in [2.24, 2.45) is 0 Å². The van der Waals surface area contributed by atoms with Crippen molar-refractivity contribution in [3.05, 3.63) is 11.6 Å². The van der Waals surface area contributed by atoms with E-state index in [0.717, 1.165) is 25.7 Å². The topological polar surface area (TPSA) is 46.5 Å². The maximum absolute atomic E-state index is 11.4. The summed E-state index contributed by atoms with van der Waals surface area (Å²) in [6.07, 6.45) is 15.9. The lowest BCUT2D eigenvalue weighted by Gasteiger charge is -2.04. The number of ether oxygens (including phenoxy) is 1. The van der Waals surface area contributed by atoms with Gasteiger partial charge in [-0.2, -0.15) is 0 Å². The molecular weight excluding hydrogens is 252 g/mol. The first-order valence-corrected chi connectivity index (χ1v) is 7.69. The molecule has 1 rings (SSSR count). The van der Waals surface area contributed by atoms with Crippen LogP contribution in [0.25, 0.3) is 0 Å². The zero-order chi connectivity index (χ0) is 14.8. The highest BCUT2D eigenvalue weighted by atomic mass is 16.6. The number of hydrogen-bond donors (Lipinski definition) is 1. The molecule has 1 aliphatic heterocycles. The molecule has 0 aromatic heterocycles. The Hall–Kier alpha value is -1.27. The second-order valence-electron chi connectivity index (χ2n) is 5.43. The normalized spacial score (nSPS) is 23.9. The summed E-state index contributed by atoms with van der Waals surface area (Å²) in [7, 11) is 0. The number of carbonyl (C=O) groups is 1. The third kappa shape index (κ3) is 5.79. The van der Waals surface area contributed by atoms with E-state index in [0.29, 0.717) is 5.57 Å². The van der Waals surface area contributed by atoms with Gasteiger partial charge in [0.1, 0.15) is 12.2 Å². The maximum atomic E-state index is 11.4. The monoisotopic (exact) mass is 278 g/mol. The molecule has 0 spiro atoms. The van der Waals surface area contributed by atoms with Gasteiger partial charge in [-0.15, -0.1) is 12.3 Å². The van der Waals surface area contributed by atoms with Gasteiger partial charge in [0.25, 0.3) is 0 Å². The number of unbranched alkanes of at least 4 members (excludes halogenated alkanes) is 8. The smallest absolute Gasteiger partial charge is 0.336 e. The molecule has 0 aliphatic carbocycles. The second kappa shape index (κ2) is 9.61. The first kappa shape index (κ1) is 16.8. The molecule has 0 bridgehead atoms. The summed E-state index contributed by atoms with van der Waals surface area (Å²) in [6, 6.07) is 0. The number of esters is 1. The summed E-state index contributed by atoms with van der Waals surface area (Å²) >= 11 is 0. The quantitative estimate of drug-likeness (QED) is 0.304. The largest absolute Gasteiger partial charge is 0.456 e. The van der Waals surface area contributed by atoms with Gasteiger partial charge in [0, 0.05) is 6.42 Å². The van der Waals surface area contributed by atoms with Crippen LogP contribution < -0.4 is 0 Å². The van der Waals surface area contributed by atoms with Crippen LogP contribution in [0.4, 0.5) is 0 Å². The maximum Gasteiger partial charge on any atom is 0.336 e. The first-order valence-electron chi connectivity index (χ1n) is 7.69. The van der Waals surface area contributed by atoms with Gasteiger partial charge in [-0.05, 0) is 26.2 Å². The predicted molar refractivity (Wildman–Crippen MR) is 80.0 cm³/mol. The van der Waals surface area contributed by atoms with Crippen LogP contribution in [0, 0.1) is 12.3 Å². The Morgan fingerprint density at radius 1 is 1.20 bits per heavy atom. The number of aliphatic hydroxyl groups is 1. The van der Waals surface area contributed by atoms with Crippen molar-refractivity contribution in [1.29, 1.82) is 0 Å². The van der Waals surface area contributed by atoms with E-state index >= 15 is 0 Å². The lowest BCUT2D eigenvalue weighted by Crippen LogP contribution is -2.17. The van der Waals surface area contributed by atoms with E-state index in [1.54, 1.807) is 6.92 Å². The Morgan fingerprint density at radius 3 is 2.35 bits per heavy atom. The summed E-state index contributed by atoms with van der Waals surface area (Å²) in [5.74, 6) is 2.30. The number of terminal acetylenes is 1. The summed E-state index contributed by atoms with van der Waals surface area (Å²) in [5, 5.41) is 9.74. The van der Waals surface area contributed by atoms with E-state index in [2.05, 4.69) is 5.92 Å². The molecule has 2 atom stereocenters. The van der Waals surface area contributed by atoms with Crippen LogP contribution in [-0.2, 0) is 9.53 Å². The molecule has 1 aliphatic rings. The number of allylic oxidation sites excluding steroid dienone is 1. The molecule has 112 valence electrons. The fourth-order valence-electron chi connectivity index (χ4n) is 2.39. The van der Waals surface area contributed by atoms with Crippen LogP contribution in [0.15, 0.2) is 11.6 Å². The fourth-order valence-corrected chi connectivity index (χ4v) is 2.39. The van der Waals surface area contributed by atoms with Crippen LogP contribution in [0.5, 0.6) is 0 Å². The Bertz CT molecular complexity index is 365. The SMILES string of the molecule is C#CCCCCCCCCCC=C1C(=O)O[C@@H](C)[C@H]1O. The predicted octanol–water partition coefficient (Wildman–Crippen LogP) is 3.36. The van der Waals surface area contributed by atoms with E-state index in [4.69, 9.17) is 11.2 Å². The zero-order valence-corrected chi connectivity index (χ0v) is 12.4. The number of cyclic esters (lactones) is 1. The van der Waals surface area contributed by atoms with Gasteiger partial charge in [0.2, 0.25) is 0 Å². The number of aliphatic hydroxyl groups excluding tert-OH is 1. The molecule has 1 N–H and O–H groups in total.